The number of nitriles is 1. The average Bonchev–Trinajstić information content (AvgIpc) is 2.46. The monoisotopic (exact) mass is 334 g/mol. The Morgan fingerprint density at radius 3 is 2.95 bits per heavy atom. The zero-order valence-electron chi connectivity index (χ0n) is 10.3. The fourth-order valence-corrected chi connectivity index (χ4v) is 2.98. The maximum absolute atomic E-state index is 9.05. The normalized spacial score (nSPS) is 9.95. The molecule has 0 fully saturated rings. The fourth-order valence-electron chi connectivity index (χ4n) is 1.56. The molecule has 0 aliphatic rings. The van der Waals surface area contributed by atoms with Gasteiger partial charge in [-0.3, -0.25) is 0 Å². The van der Waals surface area contributed by atoms with Crippen LogP contribution >= 0.6 is 27.7 Å². The van der Waals surface area contributed by atoms with Gasteiger partial charge in [-0.1, -0.05) is 6.07 Å². The highest BCUT2D eigenvalue weighted by atomic mass is 79.9. The molecule has 3 nitrogen and oxygen atoms in total. The Balaban J connectivity index is 2.13. The van der Waals surface area contributed by atoms with Gasteiger partial charge in [-0.25, -0.2) is 4.98 Å². The highest BCUT2D eigenvalue weighted by Crippen LogP contribution is 2.29. The van der Waals surface area contributed by atoms with Gasteiger partial charge in [-0.15, -0.1) is 11.8 Å². The minimum absolute atomic E-state index is 0.556. The van der Waals surface area contributed by atoms with Crippen molar-refractivity contribution in [3.63, 3.8) is 0 Å². The molecule has 1 heterocycles. The fraction of sp³-hybridized carbons (Fsp3) is 0.143. The lowest BCUT2D eigenvalue weighted by Gasteiger charge is -2.06. The molecule has 0 saturated heterocycles. The Morgan fingerprint density at radius 2 is 2.26 bits per heavy atom. The smallest absolute Gasteiger partial charge is 0.136 e. The minimum Gasteiger partial charge on any atom is -0.495 e. The van der Waals surface area contributed by atoms with Gasteiger partial charge in [0.25, 0.3) is 0 Å². The van der Waals surface area contributed by atoms with Crippen LogP contribution in [-0.4, -0.2) is 12.1 Å². The quantitative estimate of drug-likeness (QED) is 0.792. The van der Waals surface area contributed by atoms with Gasteiger partial charge in [-0.2, -0.15) is 5.26 Å². The molecule has 0 unspecified atom stereocenters. The van der Waals surface area contributed by atoms with Crippen molar-refractivity contribution >= 4 is 27.7 Å². The van der Waals surface area contributed by atoms with E-state index in [9.17, 15) is 0 Å². The number of pyridine rings is 1. The summed E-state index contributed by atoms with van der Waals surface area (Å²) in [5.74, 6) is 1.36. The van der Waals surface area contributed by atoms with E-state index in [1.807, 2.05) is 30.3 Å². The first-order chi connectivity index (χ1) is 9.24. The van der Waals surface area contributed by atoms with E-state index in [-0.39, 0.29) is 0 Å². The van der Waals surface area contributed by atoms with Crippen LogP contribution in [0.5, 0.6) is 5.75 Å². The maximum Gasteiger partial charge on any atom is 0.136 e. The molecule has 0 atom stereocenters. The van der Waals surface area contributed by atoms with Crippen LogP contribution in [0.4, 0.5) is 0 Å². The lowest BCUT2D eigenvalue weighted by atomic mass is 10.1. The van der Waals surface area contributed by atoms with E-state index in [2.05, 4.69) is 27.0 Å². The standard InChI is InChI=1S/C14H11BrN2OS/c1-18-13-5-4-10(7-11(13)8-16)9-19-14-12(15)3-2-6-17-14/h2-7H,9H2,1H3. The highest BCUT2D eigenvalue weighted by molar-refractivity contribution is 9.10. The van der Waals surface area contributed by atoms with Crippen molar-refractivity contribution in [3.05, 3.63) is 52.1 Å². The molecule has 1 aromatic carbocycles. The zero-order chi connectivity index (χ0) is 13.7. The van der Waals surface area contributed by atoms with Crippen LogP contribution in [0.1, 0.15) is 11.1 Å². The van der Waals surface area contributed by atoms with E-state index < -0.39 is 0 Å². The average molecular weight is 335 g/mol. The molecule has 0 radical (unpaired) electrons. The van der Waals surface area contributed by atoms with Crippen LogP contribution in [0.2, 0.25) is 0 Å². The first-order valence-electron chi connectivity index (χ1n) is 5.55. The summed E-state index contributed by atoms with van der Waals surface area (Å²) in [6.07, 6.45) is 1.77. The molecular weight excluding hydrogens is 324 g/mol. The summed E-state index contributed by atoms with van der Waals surface area (Å²) < 4.78 is 6.10. The van der Waals surface area contributed by atoms with Crippen LogP contribution in [0.25, 0.3) is 0 Å². The summed E-state index contributed by atoms with van der Waals surface area (Å²) in [5, 5.41) is 9.99. The predicted molar refractivity (Wildman–Crippen MR) is 79.2 cm³/mol. The van der Waals surface area contributed by atoms with Crippen LogP contribution in [-0.2, 0) is 5.75 Å². The summed E-state index contributed by atoms with van der Waals surface area (Å²) in [7, 11) is 1.57. The number of aromatic nitrogens is 1. The summed E-state index contributed by atoms with van der Waals surface area (Å²) in [6, 6.07) is 11.6. The number of rotatable bonds is 4. The van der Waals surface area contributed by atoms with Gasteiger partial charge in [0.2, 0.25) is 0 Å². The minimum atomic E-state index is 0.556. The van der Waals surface area contributed by atoms with E-state index in [4.69, 9.17) is 10.00 Å². The largest absolute Gasteiger partial charge is 0.495 e. The van der Waals surface area contributed by atoms with Gasteiger partial charge >= 0.3 is 0 Å². The van der Waals surface area contributed by atoms with E-state index in [1.165, 1.54) is 0 Å². The van der Waals surface area contributed by atoms with Crippen molar-refractivity contribution in [1.82, 2.24) is 4.98 Å². The summed E-state index contributed by atoms with van der Waals surface area (Å²) in [6.45, 7) is 0. The van der Waals surface area contributed by atoms with Gasteiger partial charge in [0.15, 0.2) is 0 Å². The first-order valence-corrected chi connectivity index (χ1v) is 7.33. The van der Waals surface area contributed by atoms with Gasteiger partial charge in [0, 0.05) is 16.4 Å². The van der Waals surface area contributed by atoms with Crippen molar-refractivity contribution in [2.45, 2.75) is 10.8 Å². The predicted octanol–water partition coefficient (Wildman–Crippen LogP) is 4.02. The van der Waals surface area contributed by atoms with Crippen molar-refractivity contribution in [1.29, 1.82) is 5.26 Å². The van der Waals surface area contributed by atoms with Crippen LogP contribution < -0.4 is 4.74 Å². The van der Waals surface area contributed by atoms with Gasteiger partial charge < -0.3 is 4.74 Å². The number of hydrogen-bond acceptors (Lipinski definition) is 4. The molecule has 0 aliphatic heterocycles. The number of benzene rings is 1. The number of ether oxygens (including phenoxy) is 1. The maximum atomic E-state index is 9.05. The van der Waals surface area contributed by atoms with Gasteiger partial charge in [0.1, 0.15) is 16.8 Å². The van der Waals surface area contributed by atoms with Crippen molar-refractivity contribution in [2.24, 2.45) is 0 Å². The Morgan fingerprint density at radius 1 is 1.42 bits per heavy atom. The SMILES string of the molecule is COc1ccc(CSc2ncccc2Br)cc1C#N. The zero-order valence-corrected chi connectivity index (χ0v) is 12.7. The Labute approximate surface area is 124 Å². The third kappa shape index (κ3) is 3.49. The van der Waals surface area contributed by atoms with E-state index in [0.29, 0.717) is 11.3 Å². The molecule has 96 valence electrons. The number of thioether (sulfide) groups is 1. The second-order valence-corrected chi connectivity index (χ2v) is 5.54. The second kappa shape index (κ2) is 6.60. The molecule has 5 heteroatoms. The molecule has 19 heavy (non-hydrogen) atoms. The van der Waals surface area contributed by atoms with Crippen LogP contribution in [0.3, 0.4) is 0 Å². The molecule has 2 aromatic rings. The second-order valence-electron chi connectivity index (χ2n) is 3.73. The van der Waals surface area contributed by atoms with Crippen molar-refractivity contribution in [2.75, 3.05) is 7.11 Å². The van der Waals surface area contributed by atoms with Crippen molar-refractivity contribution < 1.29 is 4.74 Å². The molecule has 0 bridgehead atoms. The van der Waals surface area contributed by atoms with Crippen LogP contribution in [0, 0.1) is 11.3 Å². The topological polar surface area (TPSA) is 45.9 Å². The molecule has 0 spiro atoms. The summed E-state index contributed by atoms with van der Waals surface area (Å²) >= 11 is 5.09. The molecule has 0 aliphatic carbocycles. The first kappa shape index (κ1) is 13.9. The molecular formula is C14H11BrN2OS. The van der Waals surface area contributed by atoms with Gasteiger partial charge in [-0.05, 0) is 45.8 Å². The van der Waals surface area contributed by atoms with Gasteiger partial charge in [0.05, 0.1) is 12.7 Å². The van der Waals surface area contributed by atoms with E-state index >= 15 is 0 Å². The van der Waals surface area contributed by atoms with Crippen LogP contribution in [0.15, 0.2) is 46.0 Å². The lowest BCUT2D eigenvalue weighted by Crippen LogP contribution is -1.90. The Kier molecular flexibility index (Phi) is 4.83. The number of nitrogens with zero attached hydrogens (tertiary/aromatic N) is 2. The summed E-state index contributed by atoms with van der Waals surface area (Å²) in [4.78, 5) is 4.30. The molecule has 1 aromatic heterocycles. The van der Waals surface area contributed by atoms with Crippen molar-refractivity contribution in [3.8, 4) is 11.8 Å². The lowest BCUT2D eigenvalue weighted by molar-refractivity contribution is 0.413. The Bertz CT molecular complexity index is 625. The molecule has 0 amide bonds. The molecule has 0 saturated carbocycles. The third-order valence-corrected chi connectivity index (χ3v) is 4.46. The molecule has 0 N–H and O–H groups in total. The number of methoxy groups -OCH3 is 1. The number of hydrogen-bond donors (Lipinski definition) is 0. The van der Waals surface area contributed by atoms with E-state index in [1.54, 1.807) is 25.1 Å². The Hall–Kier alpha value is -1.51. The summed E-state index contributed by atoms with van der Waals surface area (Å²) in [5.41, 5.74) is 1.63. The number of halogens is 1. The molecule has 2 rings (SSSR count). The highest BCUT2D eigenvalue weighted by Gasteiger charge is 2.06. The third-order valence-electron chi connectivity index (χ3n) is 2.48. The van der Waals surface area contributed by atoms with E-state index in [0.717, 1.165) is 20.8 Å².